The summed E-state index contributed by atoms with van der Waals surface area (Å²) in [5.41, 5.74) is 0.621. The maximum Gasteiger partial charge on any atom is 0.286 e. The van der Waals surface area contributed by atoms with Crippen molar-refractivity contribution >= 4 is 21.5 Å². The van der Waals surface area contributed by atoms with Gasteiger partial charge in [-0.25, -0.2) is 0 Å². The molecule has 0 saturated heterocycles. The second-order valence-corrected chi connectivity index (χ2v) is 4.96. The number of fused-ring (bicyclic) bond motifs is 1. The molecule has 1 aliphatic heterocycles. The standard InChI is InChI=1S/C10H12N2O2S/c1-2-5-10-11-8-6-3-4-7-9(8)15(13,14)12-10/h3-4,6-7H,2,5H2,1H3,(H,11,12). The Kier molecular flexibility index (Phi) is 2.48. The first kappa shape index (κ1) is 10.2. The van der Waals surface area contributed by atoms with Gasteiger partial charge in [0.05, 0.1) is 5.69 Å². The summed E-state index contributed by atoms with van der Waals surface area (Å²) in [4.78, 5) is 0.254. The molecule has 0 fully saturated rings. The summed E-state index contributed by atoms with van der Waals surface area (Å²) in [6.45, 7) is 1.98. The number of hydrogen-bond acceptors (Lipinski definition) is 3. The summed E-state index contributed by atoms with van der Waals surface area (Å²) in [6.07, 6.45) is 1.51. The van der Waals surface area contributed by atoms with Crippen molar-refractivity contribution < 1.29 is 8.42 Å². The molecule has 1 aromatic rings. The van der Waals surface area contributed by atoms with Crippen LogP contribution < -0.4 is 5.32 Å². The average molecular weight is 224 g/mol. The van der Waals surface area contributed by atoms with E-state index in [-0.39, 0.29) is 4.90 Å². The Balaban J connectivity index is 2.50. The van der Waals surface area contributed by atoms with E-state index in [9.17, 15) is 8.42 Å². The third-order valence-electron chi connectivity index (χ3n) is 2.16. The highest BCUT2D eigenvalue weighted by atomic mass is 32.2. The fourth-order valence-corrected chi connectivity index (χ4v) is 2.69. The van der Waals surface area contributed by atoms with Crippen molar-refractivity contribution in [2.24, 2.45) is 4.40 Å². The highest BCUT2D eigenvalue weighted by Gasteiger charge is 2.23. The first-order valence-corrected chi connectivity index (χ1v) is 6.27. The van der Waals surface area contributed by atoms with Crippen LogP contribution in [0.5, 0.6) is 0 Å². The number of nitrogens with one attached hydrogen (secondary N) is 1. The van der Waals surface area contributed by atoms with Gasteiger partial charge in [-0.05, 0) is 18.6 Å². The number of para-hydroxylation sites is 1. The molecule has 80 valence electrons. The monoisotopic (exact) mass is 224 g/mol. The lowest BCUT2D eigenvalue weighted by Crippen LogP contribution is -2.20. The molecule has 0 aliphatic carbocycles. The zero-order valence-corrected chi connectivity index (χ0v) is 9.21. The molecule has 4 nitrogen and oxygen atoms in total. The van der Waals surface area contributed by atoms with E-state index in [4.69, 9.17) is 0 Å². The van der Waals surface area contributed by atoms with Crippen LogP contribution in [0.15, 0.2) is 33.6 Å². The molecule has 0 bridgehead atoms. The van der Waals surface area contributed by atoms with Crippen LogP contribution in [0.1, 0.15) is 19.8 Å². The molecule has 1 heterocycles. The molecule has 0 amide bonds. The summed E-state index contributed by atoms with van der Waals surface area (Å²) in [6, 6.07) is 6.80. The van der Waals surface area contributed by atoms with Crippen molar-refractivity contribution in [2.45, 2.75) is 24.7 Å². The summed E-state index contributed by atoms with van der Waals surface area (Å²) in [7, 11) is -3.49. The van der Waals surface area contributed by atoms with E-state index in [0.717, 1.165) is 6.42 Å². The van der Waals surface area contributed by atoms with E-state index in [0.29, 0.717) is 17.9 Å². The molecule has 5 heteroatoms. The van der Waals surface area contributed by atoms with E-state index in [1.54, 1.807) is 24.3 Å². The summed E-state index contributed by atoms with van der Waals surface area (Å²) in [5, 5.41) is 3.02. The molecule has 0 unspecified atom stereocenters. The molecule has 1 N–H and O–H groups in total. The van der Waals surface area contributed by atoms with Gasteiger partial charge in [0.15, 0.2) is 0 Å². The third-order valence-corrected chi connectivity index (χ3v) is 3.53. The topological polar surface area (TPSA) is 58.5 Å². The molecule has 0 atom stereocenters. The number of benzene rings is 1. The molecule has 2 rings (SSSR count). The molecular formula is C10H12N2O2S. The summed E-state index contributed by atoms with van der Waals surface area (Å²) in [5.74, 6) is 0.524. The number of anilines is 1. The van der Waals surface area contributed by atoms with Gasteiger partial charge in [0.2, 0.25) is 0 Å². The van der Waals surface area contributed by atoms with Gasteiger partial charge in [0.1, 0.15) is 10.7 Å². The van der Waals surface area contributed by atoms with Gasteiger partial charge in [-0.3, -0.25) is 0 Å². The molecule has 0 aromatic heterocycles. The molecule has 1 aliphatic rings. The Bertz CT molecular complexity index is 506. The minimum atomic E-state index is -3.49. The Labute approximate surface area is 89.1 Å². The van der Waals surface area contributed by atoms with Crippen LogP contribution in [-0.4, -0.2) is 14.3 Å². The lowest BCUT2D eigenvalue weighted by molar-refractivity contribution is 0.597. The smallest absolute Gasteiger partial charge is 0.286 e. The minimum absolute atomic E-state index is 0.254. The first-order valence-electron chi connectivity index (χ1n) is 4.83. The first-order chi connectivity index (χ1) is 7.13. The molecular weight excluding hydrogens is 212 g/mol. The van der Waals surface area contributed by atoms with Crippen molar-refractivity contribution in [3.8, 4) is 0 Å². The van der Waals surface area contributed by atoms with E-state index in [1.807, 2.05) is 6.92 Å². The van der Waals surface area contributed by atoms with Crippen molar-refractivity contribution in [3.05, 3.63) is 24.3 Å². The number of hydrogen-bond donors (Lipinski definition) is 1. The predicted molar refractivity (Wildman–Crippen MR) is 59.6 cm³/mol. The van der Waals surface area contributed by atoms with E-state index < -0.39 is 10.0 Å². The number of amidine groups is 1. The predicted octanol–water partition coefficient (Wildman–Crippen LogP) is 2.00. The van der Waals surface area contributed by atoms with Crippen LogP contribution in [-0.2, 0) is 10.0 Å². The van der Waals surface area contributed by atoms with E-state index in [1.165, 1.54) is 0 Å². The lowest BCUT2D eigenvalue weighted by atomic mass is 10.2. The van der Waals surface area contributed by atoms with Crippen molar-refractivity contribution in [3.63, 3.8) is 0 Å². The second kappa shape index (κ2) is 3.66. The van der Waals surface area contributed by atoms with Crippen LogP contribution in [0.4, 0.5) is 5.69 Å². The van der Waals surface area contributed by atoms with Gasteiger partial charge >= 0.3 is 0 Å². The highest BCUT2D eigenvalue weighted by molar-refractivity contribution is 7.90. The van der Waals surface area contributed by atoms with Crippen LogP contribution in [0.3, 0.4) is 0 Å². The quantitative estimate of drug-likeness (QED) is 0.835. The van der Waals surface area contributed by atoms with E-state index >= 15 is 0 Å². The fraction of sp³-hybridized carbons (Fsp3) is 0.300. The van der Waals surface area contributed by atoms with Gasteiger partial charge in [-0.15, -0.1) is 4.40 Å². The Morgan fingerprint density at radius 3 is 2.80 bits per heavy atom. The maximum absolute atomic E-state index is 11.7. The zero-order chi connectivity index (χ0) is 10.9. The van der Waals surface area contributed by atoms with Crippen LogP contribution in [0, 0.1) is 0 Å². The summed E-state index contributed by atoms with van der Waals surface area (Å²) < 4.78 is 27.2. The van der Waals surface area contributed by atoms with Crippen molar-refractivity contribution in [1.29, 1.82) is 0 Å². The zero-order valence-electron chi connectivity index (χ0n) is 8.40. The number of rotatable bonds is 2. The van der Waals surface area contributed by atoms with Gasteiger partial charge in [0, 0.05) is 6.42 Å². The SMILES string of the molecule is CCCC1=NS(=O)(=O)c2ccccc2N1. The molecule has 0 radical (unpaired) electrons. The minimum Gasteiger partial charge on any atom is -0.342 e. The van der Waals surface area contributed by atoms with Gasteiger partial charge in [-0.2, -0.15) is 8.42 Å². The fourth-order valence-electron chi connectivity index (χ4n) is 1.51. The van der Waals surface area contributed by atoms with Gasteiger partial charge in [0.25, 0.3) is 10.0 Å². The Hall–Kier alpha value is -1.36. The highest BCUT2D eigenvalue weighted by Crippen LogP contribution is 2.27. The maximum atomic E-state index is 11.7. The molecule has 0 saturated carbocycles. The van der Waals surface area contributed by atoms with Gasteiger partial charge in [-0.1, -0.05) is 19.1 Å². The lowest BCUT2D eigenvalue weighted by Gasteiger charge is -2.17. The van der Waals surface area contributed by atoms with Crippen molar-refractivity contribution in [1.82, 2.24) is 0 Å². The molecule has 15 heavy (non-hydrogen) atoms. The number of nitrogens with zero attached hydrogens (tertiary/aromatic N) is 1. The van der Waals surface area contributed by atoms with Crippen molar-refractivity contribution in [2.75, 3.05) is 5.32 Å². The largest absolute Gasteiger partial charge is 0.342 e. The van der Waals surface area contributed by atoms with E-state index in [2.05, 4.69) is 9.71 Å². The molecule has 0 spiro atoms. The Morgan fingerprint density at radius 2 is 2.07 bits per heavy atom. The van der Waals surface area contributed by atoms with Crippen LogP contribution >= 0.6 is 0 Å². The normalized spacial score (nSPS) is 17.5. The summed E-state index contributed by atoms with van der Waals surface area (Å²) >= 11 is 0. The second-order valence-electron chi connectivity index (χ2n) is 3.38. The van der Waals surface area contributed by atoms with Gasteiger partial charge < -0.3 is 5.32 Å². The average Bonchev–Trinajstić information content (AvgIpc) is 2.17. The van der Waals surface area contributed by atoms with Crippen LogP contribution in [0.25, 0.3) is 0 Å². The Morgan fingerprint density at radius 1 is 1.33 bits per heavy atom. The number of sulfonamides is 1. The van der Waals surface area contributed by atoms with Crippen LogP contribution in [0.2, 0.25) is 0 Å². The molecule has 1 aromatic carbocycles. The third kappa shape index (κ3) is 1.87.